The molecule has 0 radical (unpaired) electrons. The molecule has 1 rings (SSSR count). The molecule has 4 nitrogen and oxygen atoms in total. The Hall–Kier alpha value is -0.980. The molecule has 0 saturated heterocycles. The fraction of sp³-hybridized carbons (Fsp3) is 0.455. The Labute approximate surface area is 101 Å². The number of halogens is 1. The maximum absolute atomic E-state index is 13.1. The highest BCUT2D eigenvalue weighted by Gasteiger charge is 2.14. The highest BCUT2D eigenvalue weighted by Crippen LogP contribution is 2.13. The molecule has 3 N–H and O–H groups in total. The molecule has 1 aromatic rings. The zero-order chi connectivity index (χ0) is 13.1. The third kappa shape index (κ3) is 4.41. The van der Waals surface area contributed by atoms with E-state index < -0.39 is 15.8 Å². The van der Waals surface area contributed by atoms with E-state index in [1.165, 1.54) is 12.1 Å². The summed E-state index contributed by atoms with van der Waals surface area (Å²) in [6, 6.07) is 3.63. The molecule has 0 aliphatic rings. The van der Waals surface area contributed by atoms with Crippen LogP contribution in [0.15, 0.2) is 23.1 Å². The lowest BCUT2D eigenvalue weighted by Crippen LogP contribution is -2.29. The molecule has 0 amide bonds. The zero-order valence-electron chi connectivity index (χ0n) is 9.90. The number of nitrogens with two attached hydrogens (primary N) is 1. The number of sulfonamides is 1. The topological polar surface area (TPSA) is 72.2 Å². The molecule has 1 atom stereocenters. The Morgan fingerprint density at radius 1 is 1.41 bits per heavy atom. The van der Waals surface area contributed by atoms with Gasteiger partial charge in [-0.25, -0.2) is 17.5 Å². The lowest BCUT2D eigenvalue weighted by molar-refractivity contribution is 0.568. The maximum Gasteiger partial charge on any atom is 0.240 e. The van der Waals surface area contributed by atoms with E-state index in [0.717, 1.165) is 6.07 Å². The van der Waals surface area contributed by atoms with E-state index in [1.54, 1.807) is 13.8 Å². The first-order valence-electron chi connectivity index (χ1n) is 5.34. The van der Waals surface area contributed by atoms with Crippen molar-refractivity contribution >= 4 is 10.0 Å². The van der Waals surface area contributed by atoms with E-state index in [-0.39, 0.29) is 17.5 Å². The zero-order valence-corrected chi connectivity index (χ0v) is 10.7. The quantitative estimate of drug-likeness (QED) is 0.834. The van der Waals surface area contributed by atoms with Crippen molar-refractivity contribution in [3.63, 3.8) is 0 Å². The third-order valence-electron chi connectivity index (χ3n) is 2.22. The van der Waals surface area contributed by atoms with Crippen molar-refractivity contribution < 1.29 is 12.8 Å². The number of aryl methyl sites for hydroxylation is 1. The molecule has 0 bridgehead atoms. The fourth-order valence-corrected chi connectivity index (χ4v) is 2.52. The van der Waals surface area contributed by atoms with Crippen LogP contribution in [0.1, 0.15) is 18.9 Å². The van der Waals surface area contributed by atoms with Crippen LogP contribution in [0.2, 0.25) is 0 Å². The number of benzene rings is 1. The average Bonchev–Trinajstić information content (AvgIpc) is 2.14. The molecule has 1 unspecified atom stereocenters. The van der Waals surface area contributed by atoms with Gasteiger partial charge in [-0.15, -0.1) is 0 Å². The molecule has 0 aromatic heterocycles. The summed E-state index contributed by atoms with van der Waals surface area (Å²) < 4.78 is 39.1. The first kappa shape index (κ1) is 14.1. The van der Waals surface area contributed by atoms with Gasteiger partial charge in [-0.2, -0.15) is 0 Å². The summed E-state index contributed by atoms with van der Waals surface area (Å²) in [6.45, 7) is 3.68. The van der Waals surface area contributed by atoms with Crippen molar-refractivity contribution in [3.8, 4) is 0 Å². The predicted octanol–water partition coefficient (Wildman–Crippen LogP) is 1.15. The van der Waals surface area contributed by atoms with E-state index >= 15 is 0 Å². The van der Waals surface area contributed by atoms with Crippen molar-refractivity contribution in [1.82, 2.24) is 4.72 Å². The summed E-state index contributed by atoms with van der Waals surface area (Å²) in [5.41, 5.74) is 6.08. The molecular formula is C11H17FN2O2S. The molecular weight excluding hydrogens is 243 g/mol. The molecule has 0 aliphatic heterocycles. The highest BCUT2D eigenvalue weighted by molar-refractivity contribution is 7.89. The van der Waals surface area contributed by atoms with Gasteiger partial charge in [0.05, 0.1) is 4.90 Å². The van der Waals surface area contributed by atoms with E-state index in [9.17, 15) is 12.8 Å². The third-order valence-corrected chi connectivity index (χ3v) is 3.66. The van der Waals surface area contributed by atoms with Gasteiger partial charge >= 0.3 is 0 Å². The van der Waals surface area contributed by atoms with Crippen molar-refractivity contribution in [3.05, 3.63) is 29.6 Å². The van der Waals surface area contributed by atoms with Crippen molar-refractivity contribution in [2.45, 2.75) is 31.2 Å². The normalized spacial score (nSPS) is 13.6. The lowest BCUT2D eigenvalue weighted by Gasteiger charge is -2.09. The van der Waals surface area contributed by atoms with Crippen LogP contribution in [0.5, 0.6) is 0 Å². The molecule has 0 aliphatic carbocycles. The number of hydrogen-bond donors (Lipinski definition) is 2. The minimum atomic E-state index is -3.65. The van der Waals surface area contributed by atoms with Gasteiger partial charge in [-0.3, -0.25) is 0 Å². The molecule has 1 aromatic carbocycles. The van der Waals surface area contributed by atoms with Crippen LogP contribution in [0.3, 0.4) is 0 Å². The standard InChI is InChI=1S/C11H17FN2O2S/c1-8-5-10(12)7-11(6-8)17(15,16)14-4-3-9(2)13/h5-7,9,14H,3-4,13H2,1-2H3. The lowest BCUT2D eigenvalue weighted by atomic mass is 10.2. The summed E-state index contributed by atoms with van der Waals surface area (Å²) in [6.07, 6.45) is 0.535. The summed E-state index contributed by atoms with van der Waals surface area (Å²) in [5, 5.41) is 0. The highest BCUT2D eigenvalue weighted by atomic mass is 32.2. The Kier molecular flexibility index (Phi) is 4.62. The Morgan fingerprint density at radius 2 is 2.06 bits per heavy atom. The van der Waals surface area contributed by atoms with Gasteiger partial charge in [-0.1, -0.05) is 0 Å². The van der Waals surface area contributed by atoms with Crippen LogP contribution in [0.4, 0.5) is 4.39 Å². The van der Waals surface area contributed by atoms with Gasteiger partial charge in [-0.05, 0) is 44.0 Å². The molecule has 0 spiro atoms. The summed E-state index contributed by atoms with van der Waals surface area (Å²) >= 11 is 0. The molecule has 0 fully saturated rings. The minimum Gasteiger partial charge on any atom is -0.328 e. The van der Waals surface area contributed by atoms with Gasteiger partial charge in [0.1, 0.15) is 5.82 Å². The molecule has 0 saturated carbocycles. The number of hydrogen-bond acceptors (Lipinski definition) is 3. The first-order valence-corrected chi connectivity index (χ1v) is 6.82. The summed E-state index contributed by atoms with van der Waals surface area (Å²) in [4.78, 5) is -0.0559. The van der Waals surface area contributed by atoms with E-state index in [1.807, 2.05) is 0 Å². The summed E-state index contributed by atoms with van der Waals surface area (Å²) in [5.74, 6) is -0.558. The largest absolute Gasteiger partial charge is 0.328 e. The molecule has 96 valence electrons. The van der Waals surface area contributed by atoms with Crippen LogP contribution in [-0.4, -0.2) is 21.0 Å². The predicted molar refractivity (Wildman–Crippen MR) is 64.6 cm³/mol. The second kappa shape index (κ2) is 5.57. The van der Waals surface area contributed by atoms with Crippen LogP contribution in [-0.2, 0) is 10.0 Å². The van der Waals surface area contributed by atoms with Gasteiger partial charge in [0.25, 0.3) is 0 Å². The van der Waals surface area contributed by atoms with Crippen LogP contribution >= 0.6 is 0 Å². The average molecular weight is 260 g/mol. The second-order valence-corrected chi connectivity index (χ2v) is 5.89. The Balaban J connectivity index is 2.82. The van der Waals surface area contributed by atoms with Gasteiger partial charge < -0.3 is 5.73 Å². The minimum absolute atomic E-state index is 0.0559. The SMILES string of the molecule is Cc1cc(F)cc(S(=O)(=O)NCCC(C)N)c1. The Bertz CT molecular complexity index is 466. The van der Waals surface area contributed by atoms with Crippen molar-refractivity contribution in [1.29, 1.82) is 0 Å². The smallest absolute Gasteiger partial charge is 0.240 e. The summed E-state index contributed by atoms with van der Waals surface area (Å²) in [7, 11) is -3.65. The van der Waals surface area contributed by atoms with Crippen molar-refractivity contribution in [2.75, 3.05) is 6.54 Å². The second-order valence-electron chi connectivity index (χ2n) is 4.13. The van der Waals surface area contributed by atoms with E-state index in [4.69, 9.17) is 5.73 Å². The van der Waals surface area contributed by atoms with Crippen LogP contribution < -0.4 is 10.5 Å². The van der Waals surface area contributed by atoms with Gasteiger partial charge in [0, 0.05) is 12.6 Å². The van der Waals surface area contributed by atoms with Gasteiger partial charge in [0.15, 0.2) is 0 Å². The van der Waals surface area contributed by atoms with Crippen LogP contribution in [0, 0.1) is 12.7 Å². The first-order chi connectivity index (χ1) is 7.81. The molecule has 0 heterocycles. The van der Waals surface area contributed by atoms with Crippen molar-refractivity contribution in [2.24, 2.45) is 5.73 Å². The maximum atomic E-state index is 13.1. The van der Waals surface area contributed by atoms with E-state index in [2.05, 4.69) is 4.72 Å². The molecule has 6 heteroatoms. The van der Waals surface area contributed by atoms with Gasteiger partial charge in [0.2, 0.25) is 10.0 Å². The number of rotatable bonds is 5. The molecule has 17 heavy (non-hydrogen) atoms. The van der Waals surface area contributed by atoms with E-state index in [0.29, 0.717) is 12.0 Å². The number of nitrogens with one attached hydrogen (secondary N) is 1. The Morgan fingerprint density at radius 3 is 2.59 bits per heavy atom. The fourth-order valence-electron chi connectivity index (χ4n) is 1.36. The monoisotopic (exact) mass is 260 g/mol. The van der Waals surface area contributed by atoms with Crippen LogP contribution in [0.25, 0.3) is 0 Å².